The second kappa shape index (κ2) is 6.19. The largest absolute Gasteiger partial charge is 0.357 e. The zero-order chi connectivity index (χ0) is 14.6. The third-order valence-electron chi connectivity index (χ3n) is 2.83. The van der Waals surface area contributed by atoms with Crippen LogP contribution in [0.25, 0.3) is 0 Å². The normalized spacial score (nSPS) is 12.6. The van der Waals surface area contributed by atoms with Gasteiger partial charge in [-0.1, -0.05) is 17.7 Å². The molecule has 0 N–H and O–H groups in total. The lowest BCUT2D eigenvalue weighted by Crippen LogP contribution is -2.35. The highest BCUT2D eigenvalue weighted by molar-refractivity contribution is 7.90. The Kier molecular flexibility index (Phi) is 5.11. The van der Waals surface area contributed by atoms with E-state index in [1.165, 1.54) is 6.34 Å². The molecule has 4 nitrogen and oxygen atoms in total. The number of rotatable bonds is 5. The molecule has 0 amide bonds. The number of hydrogen-bond acceptors (Lipinski definition) is 2. The van der Waals surface area contributed by atoms with Crippen LogP contribution in [-0.4, -0.2) is 31.7 Å². The first-order valence-corrected chi connectivity index (χ1v) is 7.82. The number of aryl methyl sites for hydroxylation is 1. The highest BCUT2D eigenvalue weighted by Gasteiger charge is 2.14. The summed E-state index contributed by atoms with van der Waals surface area (Å²) >= 11 is 0. The molecule has 0 atom stereocenters. The molecular weight excluding hydrogens is 260 g/mol. The Morgan fingerprint density at radius 3 is 1.95 bits per heavy atom. The molecule has 0 aliphatic heterocycles. The Labute approximate surface area is 116 Å². The van der Waals surface area contributed by atoms with E-state index in [4.69, 9.17) is 0 Å². The monoisotopic (exact) mass is 282 g/mol. The van der Waals surface area contributed by atoms with Gasteiger partial charge in [0.1, 0.15) is 6.34 Å². The van der Waals surface area contributed by atoms with Crippen LogP contribution in [0.1, 0.15) is 33.3 Å². The lowest BCUT2D eigenvalue weighted by Gasteiger charge is -2.27. The van der Waals surface area contributed by atoms with Gasteiger partial charge in [0.25, 0.3) is 10.0 Å². The minimum atomic E-state index is -3.61. The van der Waals surface area contributed by atoms with Crippen molar-refractivity contribution in [2.24, 2.45) is 4.40 Å². The zero-order valence-electron chi connectivity index (χ0n) is 12.2. The van der Waals surface area contributed by atoms with E-state index in [1.54, 1.807) is 24.3 Å². The van der Waals surface area contributed by atoms with E-state index >= 15 is 0 Å². The minimum Gasteiger partial charge on any atom is -0.357 e. The van der Waals surface area contributed by atoms with Crippen LogP contribution in [0.5, 0.6) is 0 Å². The molecule has 0 unspecified atom stereocenters. The average Bonchev–Trinajstić information content (AvgIpc) is 2.28. The zero-order valence-corrected chi connectivity index (χ0v) is 13.0. The third kappa shape index (κ3) is 4.35. The summed E-state index contributed by atoms with van der Waals surface area (Å²) in [5, 5.41) is 0. The standard InChI is InChI=1S/C14H22N2O2S/c1-11(2)16(12(3)4)10-15-19(17,18)14-8-6-13(5)7-9-14/h6-12H,1-5H3/b15-10+. The molecule has 0 spiro atoms. The van der Waals surface area contributed by atoms with Crippen molar-refractivity contribution < 1.29 is 8.42 Å². The lowest BCUT2D eigenvalue weighted by molar-refractivity contribution is 0.302. The molecule has 0 bridgehead atoms. The number of sulfonamides is 1. The van der Waals surface area contributed by atoms with Crippen molar-refractivity contribution in [1.82, 2.24) is 4.90 Å². The van der Waals surface area contributed by atoms with Crippen molar-refractivity contribution in [2.75, 3.05) is 0 Å². The van der Waals surface area contributed by atoms with Crippen LogP contribution in [0.15, 0.2) is 33.6 Å². The summed E-state index contributed by atoms with van der Waals surface area (Å²) in [4.78, 5) is 2.13. The Hall–Kier alpha value is -1.36. The highest BCUT2D eigenvalue weighted by Crippen LogP contribution is 2.13. The second-order valence-corrected chi connectivity index (χ2v) is 6.78. The van der Waals surface area contributed by atoms with E-state index in [0.717, 1.165) is 5.56 Å². The van der Waals surface area contributed by atoms with Gasteiger partial charge in [0, 0.05) is 12.1 Å². The summed E-state index contributed by atoms with van der Waals surface area (Å²) in [6.45, 7) is 9.93. The van der Waals surface area contributed by atoms with Crippen LogP contribution < -0.4 is 0 Å². The maximum Gasteiger partial charge on any atom is 0.283 e. The van der Waals surface area contributed by atoms with Crippen molar-refractivity contribution in [3.63, 3.8) is 0 Å². The van der Waals surface area contributed by atoms with Gasteiger partial charge in [-0.3, -0.25) is 0 Å². The van der Waals surface area contributed by atoms with Crippen molar-refractivity contribution in [3.8, 4) is 0 Å². The molecule has 0 radical (unpaired) electrons. The second-order valence-electron chi connectivity index (χ2n) is 5.14. The molecule has 5 heteroatoms. The van der Waals surface area contributed by atoms with Crippen LogP contribution in [-0.2, 0) is 10.0 Å². The predicted molar refractivity (Wildman–Crippen MR) is 79.0 cm³/mol. The molecule has 106 valence electrons. The van der Waals surface area contributed by atoms with Crippen molar-refractivity contribution in [1.29, 1.82) is 0 Å². The van der Waals surface area contributed by atoms with Crippen molar-refractivity contribution in [3.05, 3.63) is 29.8 Å². The van der Waals surface area contributed by atoms with E-state index in [0.29, 0.717) is 0 Å². The molecule has 0 saturated heterocycles. The van der Waals surface area contributed by atoms with Crippen LogP contribution in [0.4, 0.5) is 0 Å². The summed E-state index contributed by atoms with van der Waals surface area (Å²) in [5.41, 5.74) is 1.02. The summed E-state index contributed by atoms with van der Waals surface area (Å²) in [5.74, 6) is 0. The molecular formula is C14H22N2O2S. The number of benzene rings is 1. The SMILES string of the molecule is Cc1ccc(S(=O)(=O)/N=C/N(C(C)C)C(C)C)cc1. The van der Waals surface area contributed by atoms with Crippen LogP contribution in [0.3, 0.4) is 0 Å². The Morgan fingerprint density at radius 2 is 1.53 bits per heavy atom. The van der Waals surface area contributed by atoms with Gasteiger partial charge in [-0.15, -0.1) is 4.40 Å². The first-order valence-electron chi connectivity index (χ1n) is 6.38. The van der Waals surface area contributed by atoms with Gasteiger partial charge < -0.3 is 4.90 Å². The fourth-order valence-electron chi connectivity index (χ4n) is 1.75. The van der Waals surface area contributed by atoms with Crippen molar-refractivity contribution in [2.45, 2.75) is 51.6 Å². The molecule has 0 fully saturated rings. The topological polar surface area (TPSA) is 49.7 Å². The molecule has 1 rings (SSSR count). The highest BCUT2D eigenvalue weighted by atomic mass is 32.2. The average molecular weight is 282 g/mol. The molecule has 0 heterocycles. The molecule has 19 heavy (non-hydrogen) atoms. The molecule has 1 aromatic rings. The third-order valence-corrected chi connectivity index (χ3v) is 4.07. The van der Waals surface area contributed by atoms with Gasteiger partial charge in [-0.05, 0) is 46.8 Å². The maximum absolute atomic E-state index is 12.1. The first kappa shape index (κ1) is 15.7. The minimum absolute atomic E-state index is 0.206. The van der Waals surface area contributed by atoms with Gasteiger partial charge in [0.15, 0.2) is 0 Å². The van der Waals surface area contributed by atoms with Crippen LogP contribution >= 0.6 is 0 Å². The predicted octanol–water partition coefficient (Wildman–Crippen LogP) is 2.83. The maximum atomic E-state index is 12.1. The number of nitrogens with zero attached hydrogens (tertiary/aromatic N) is 2. The lowest BCUT2D eigenvalue weighted by atomic mass is 10.2. The van der Waals surface area contributed by atoms with Crippen molar-refractivity contribution >= 4 is 16.4 Å². The summed E-state index contributed by atoms with van der Waals surface area (Å²) < 4.78 is 27.9. The molecule has 0 aliphatic rings. The van der Waals surface area contributed by atoms with Gasteiger partial charge in [0.2, 0.25) is 0 Å². The molecule has 0 saturated carbocycles. The summed E-state index contributed by atoms with van der Waals surface area (Å²) in [6, 6.07) is 7.11. The molecule has 1 aromatic carbocycles. The van der Waals surface area contributed by atoms with Gasteiger partial charge in [-0.2, -0.15) is 8.42 Å². The van der Waals surface area contributed by atoms with Gasteiger partial charge in [-0.25, -0.2) is 0 Å². The molecule has 0 aliphatic carbocycles. The quantitative estimate of drug-likeness (QED) is 0.616. The first-order chi connectivity index (χ1) is 8.74. The molecule has 0 aromatic heterocycles. The fraction of sp³-hybridized carbons (Fsp3) is 0.500. The van der Waals surface area contributed by atoms with E-state index in [1.807, 2.05) is 39.5 Å². The van der Waals surface area contributed by atoms with Crippen LogP contribution in [0, 0.1) is 6.92 Å². The Morgan fingerprint density at radius 1 is 1.05 bits per heavy atom. The summed E-state index contributed by atoms with van der Waals surface area (Å²) in [6.07, 6.45) is 1.42. The van der Waals surface area contributed by atoms with E-state index < -0.39 is 10.0 Å². The number of hydrogen-bond donors (Lipinski definition) is 0. The van der Waals surface area contributed by atoms with E-state index in [9.17, 15) is 8.42 Å². The van der Waals surface area contributed by atoms with Crippen LogP contribution in [0.2, 0.25) is 0 Å². The van der Waals surface area contributed by atoms with E-state index in [2.05, 4.69) is 4.40 Å². The smallest absolute Gasteiger partial charge is 0.283 e. The summed E-state index contributed by atoms with van der Waals surface area (Å²) in [7, 11) is -3.61. The fourth-order valence-corrected chi connectivity index (χ4v) is 2.59. The van der Waals surface area contributed by atoms with E-state index in [-0.39, 0.29) is 17.0 Å². The Balaban J connectivity index is 2.99. The van der Waals surface area contributed by atoms with Gasteiger partial charge >= 0.3 is 0 Å². The Bertz CT molecular complexity index is 523. The van der Waals surface area contributed by atoms with Gasteiger partial charge in [0.05, 0.1) is 4.90 Å².